The van der Waals surface area contributed by atoms with Crippen molar-refractivity contribution in [3.05, 3.63) is 29.8 Å². The molecule has 1 aliphatic heterocycles. The van der Waals surface area contributed by atoms with Crippen molar-refractivity contribution >= 4 is 23.6 Å². The molecule has 1 aromatic rings. The first-order valence-electron chi connectivity index (χ1n) is 10.2. The van der Waals surface area contributed by atoms with E-state index < -0.39 is 6.04 Å². The van der Waals surface area contributed by atoms with Gasteiger partial charge in [0.25, 0.3) is 5.91 Å². The number of benzene rings is 1. The van der Waals surface area contributed by atoms with Gasteiger partial charge in [-0.15, -0.1) is 11.8 Å². The predicted molar refractivity (Wildman–Crippen MR) is 114 cm³/mol. The Kier molecular flexibility index (Phi) is 8.67. The van der Waals surface area contributed by atoms with Gasteiger partial charge in [-0.25, -0.2) is 4.79 Å². The summed E-state index contributed by atoms with van der Waals surface area (Å²) in [6.07, 6.45) is 2.08. The van der Waals surface area contributed by atoms with Crippen molar-refractivity contribution in [1.82, 2.24) is 4.90 Å². The number of hydrogen-bond donors (Lipinski definition) is 0. The van der Waals surface area contributed by atoms with E-state index in [1.54, 1.807) is 28.8 Å². The van der Waals surface area contributed by atoms with E-state index in [4.69, 9.17) is 9.47 Å². The first-order chi connectivity index (χ1) is 13.3. The zero-order chi connectivity index (χ0) is 20.7. The van der Waals surface area contributed by atoms with Crippen LogP contribution in [0.15, 0.2) is 24.3 Å². The molecule has 0 saturated carbocycles. The zero-order valence-corrected chi connectivity index (χ0v) is 18.5. The van der Waals surface area contributed by atoms with Gasteiger partial charge in [0.05, 0.1) is 18.6 Å². The Balaban J connectivity index is 2.14. The van der Waals surface area contributed by atoms with Crippen LogP contribution in [0.3, 0.4) is 0 Å². The van der Waals surface area contributed by atoms with Gasteiger partial charge in [-0.1, -0.05) is 41.0 Å². The number of hydrogen-bond acceptors (Lipinski definition) is 5. The molecule has 0 spiro atoms. The highest BCUT2D eigenvalue weighted by atomic mass is 32.2. The molecule has 28 heavy (non-hydrogen) atoms. The van der Waals surface area contributed by atoms with E-state index in [1.165, 1.54) is 0 Å². The average molecular weight is 408 g/mol. The fourth-order valence-electron chi connectivity index (χ4n) is 3.00. The minimum atomic E-state index is -0.538. The smallest absolute Gasteiger partial charge is 0.329 e. The lowest BCUT2D eigenvalue weighted by molar-refractivity contribution is -0.149. The second-order valence-electron chi connectivity index (χ2n) is 7.95. The third-order valence-electron chi connectivity index (χ3n) is 4.54. The van der Waals surface area contributed by atoms with Crippen molar-refractivity contribution in [3.8, 4) is 5.75 Å². The standard InChI is InChI=1S/C22H33NO4S/c1-6-7-12-26-18-10-8-17(9-11-18)20(24)23-19(14-28-21(23)16(4)5)22(25)27-13-15(2)3/h8-11,15-16,19,21H,6-7,12-14H2,1-5H3. The Morgan fingerprint density at radius 3 is 2.43 bits per heavy atom. The number of nitrogens with zero attached hydrogens (tertiary/aromatic N) is 1. The summed E-state index contributed by atoms with van der Waals surface area (Å²) < 4.78 is 11.1. The van der Waals surface area contributed by atoms with Gasteiger partial charge in [0, 0.05) is 11.3 Å². The summed E-state index contributed by atoms with van der Waals surface area (Å²) in [7, 11) is 0. The van der Waals surface area contributed by atoms with Crippen molar-refractivity contribution in [2.24, 2.45) is 11.8 Å². The molecule has 6 heteroatoms. The molecule has 0 radical (unpaired) electrons. The average Bonchev–Trinajstić information content (AvgIpc) is 3.11. The SMILES string of the molecule is CCCCOc1ccc(C(=O)N2C(C(=O)OCC(C)C)CSC2C(C)C)cc1. The molecule has 1 aromatic carbocycles. The molecule has 156 valence electrons. The number of unbranched alkanes of at least 4 members (excludes halogenated alkanes) is 1. The van der Waals surface area contributed by atoms with E-state index in [2.05, 4.69) is 20.8 Å². The van der Waals surface area contributed by atoms with Crippen LogP contribution in [-0.4, -0.2) is 47.2 Å². The maximum absolute atomic E-state index is 13.3. The Bertz CT molecular complexity index is 644. The first-order valence-corrected chi connectivity index (χ1v) is 11.2. The van der Waals surface area contributed by atoms with Crippen LogP contribution in [0.2, 0.25) is 0 Å². The van der Waals surface area contributed by atoms with E-state index in [9.17, 15) is 9.59 Å². The molecule has 5 nitrogen and oxygen atoms in total. The van der Waals surface area contributed by atoms with E-state index in [-0.39, 0.29) is 29.1 Å². The molecule has 0 bridgehead atoms. The molecule has 0 aliphatic carbocycles. The molecule has 2 rings (SSSR count). The molecular weight excluding hydrogens is 374 g/mol. The van der Waals surface area contributed by atoms with Crippen molar-refractivity contribution in [2.45, 2.75) is 58.9 Å². The lowest BCUT2D eigenvalue weighted by Crippen LogP contribution is -2.48. The van der Waals surface area contributed by atoms with Crippen LogP contribution in [0.5, 0.6) is 5.75 Å². The van der Waals surface area contributed by atoms with Crippen LogP contribution in [-0.2, 0) is 9.53 Å². The minimum absolute atomic E-state index is 0.0374. The number of thioether (sulfide) groups is 1. The topological polar surface area (TPSA) is 55.8 Å². The molecule has 2 unspecified atom stereocenters. The Labute approximate surface area is 173 Å². The molecule has 0 N–H and O–H groups in total. The lowest BCUT2D eigenvalue weighted by atomic mass is 10.1. The molecule has 0 aromatic heterocycles. The van der Waals surface area contributed by atoms with Crippen molar-refractivity contribution in [2.75, 3.05) is 19.0 Å². The number of rotatable bonds is 9. The number of carbonyl (C=O) groups excluding carboxylic acids is 2. The maximum Gasteiger partial charge on any atom is 0.329 e. The summed E-state index contributed by atoms with van der Waals surface area (Å²) in [5, 5.41) is -0.0374. The first kappa shape index (κ1) is 22.6. The van der Waals surface area contributed by atoms with E-state index >= 15 is 0 Å². The zero-order valence-electron chi connectivity index (χ0n) is 17.6. The largest absolute Gasteiger partial charge is 0.494 e. The summed E-state index contributed by atoms with van der Waals surface area (Å²) in [6, 6.07) is 6.66. The fraction of sp³-hybridized carbons (Fsp3) is 0.636. The van der Waals surface area contributed by atoms with Gasteiger partial charge < -0.3 is 14.4 Å². The summed E-state index contributed by atoms with van der Waals surface area (Å²) in [5.74, 6) is 1.41. The minimum Gasteiger partial charge on any atom is -0.494 e. The van der Waals surface area contributed by atoms with Gasteiger partial charge in [0.15, 0.2) is 0 Å². The number of amides is 1. The van der Waals surface area contributed by atoms with Gasteiger partial charge in [-0.2, -0.15) is 0 Å². The molecular formula is C22H33NO4S. The second-order valence-corrected chi connectivity index (χ2v) is 9.10. The van der Waals surface area contributed by atoms with Crippen LogP contribution in [0.25, 0.3) is 0 Å². The highest BCUT2D eigenvalue weighted by molar-refractivity contribution is 8.00. The van der Waals surface area contributed by atoms with Crippen LogP contribution < -0.4 is 4.74 Å². The summed E-state index contributed by atoms with van der Waals surface area (Å²) >= 11 is 1.65. The Morgan fingerprint density at radius 1 is 1.18 bits per heavy atom. The predicted octanol–water partition coefficient (Wildman–Crippen LogP) is 4.60. The lowest BCUT2D eigenvalue weighted by Gasteiger charge is -2.30. The van der Waals surface area contributed by atoms with Crippen LogP contribution in [0.1, 0.15) is 57.8 Å². The van der Waals surface area contributed by atoms with Crippen molar-refractivity contribution in [1.29, 1.82) is 0 Å². The molecule has 1 aliphatic rings. The Morgan fingerprint density at radius 2 is 1.86 bits per heavy atom. The quantitative estimate of drug-likeness (QED) is 0.442. The monoisotopic (exact) mass is 407 g/mol. The second kappa shape index (κ2) is 10.7. The van der Waals surface area contributed by atoms with E-state index in [1.807, 2.05) is 26.0 Å². The van der Waals surface area contributed by atoms with Gasteiger partial charge in [-0.3, -0.25) is 4.79 Å². The fourth-order valence-corrected chi connectivity index (χ4v) is 4.47. The molecule has 1 heterocycles. The highest BCUT2D eigenvalue weighted by Gasteiger charge is 2.43. The number of esters is 1. The number of carbonyl (C=O) groups is 2. The van der Waals surface area contributed by atoms with Crippen molar-refractivity contribution < 1.29 is 19.1 Å². The van der Waals surface area contributed by atoms with Gasteiger partial charge in [0.2, 0.25) is 0 Å². The van der Waals surface area contributed by atoms with Gasteiger partial charge in [-0.05, 0) is 42.5 Å². The number of ether oxygens (including phenoxy) is 2. The summed E-state index contributed by atoms with van der Waals surface area (Å²) in [5.41, 5.74) is 0.567. The Hall–Kier alpha value is -1.69. The summed E-state index contributed by atoms with van der Waals surface area (Å²) in [4.78, 5) is 27.6. The molecule has 1 amide bonds. The van der Waals surface area contributed by atoms with Gasteiger partial charge in [0.1, 0.15) is 11.8 Å². The van der Waals surface area contributed by atoms with E-state index in [0.717, 1.165) is 18.6 Å². The van der Waals surface area contributed by atoms with Crippen molar-refractivity contribution in [3.63, 3.8) is 0 Å². The molecule has 2 atom stereocenters. The third-order valence-corrected chi connectivity index (χ3v) is 6.16. The highest BCUT2D eigenvalue weighted by Crippen LogP contribution is 2.36. The van der Waals surface area contributed by atoms with Crippen LogP contribution in [0, 0.1) is 11.8 Å². The maximum atomic E-state index is 13.3. The third kappa shape index (κ3) is 5.90. The van der Waals surface area contributed by atoms with Crippen LogP contribution >= 0.6 is 11.8 Å². The van der Waals surface area contributed by atoms with E-state index in [0.29, 0.717) is 24.5 Å². The normalized spacial score (nSPS) is 19.3. The molecule has 1 fully saturated rings. The van der Waals surface area contributed by atoms with Gasteiger partial charge >= 0.3 is 5.97 Å². The van der Waals surface area contributed by atoms with Crippen LogP contribution in [0.4, 0.5) is 0 Å². The summed E-state index contributed by atoms with van der Waals surface area (Å²) in [6.45, 7) is 11.3. The molecule has 1 saturated heterocycles.